The molecule has 1 aliphatic carbocycles. The molecule has 2 atom stereocenters. The predicted molar refractivity (Wildman–Crippen MR) is 52.5 cm³/mol. The van der Waals surface area contributed by atoms with Crippen LogP contribution in [0.1, 0.15) is 52.4 Å². The Hall–Kier alpha value is -0.370. The van der Waals surface area contributed by atoms with Gasteiger partial charge < -0.3 is 5.11 Å². The predicted octanol–water partition coefficient (Wildman–Crippen LogP) is 2.30. The fraction of sp³-hybridized carbons (Fsp3) is 0.909. The van der Waals surface area contributed by atoms with Crippen LogP contribution in [0.5, 0.6) is 0 Å². The van der Waals surface area contributed by atoms with Gasteiger partial charge >= 0.3 is 0 Å². The summed E-state index contributed by atoms with van der Waals surface area (Å²) in [6.07, 6.45) is 5.45. The SMILES string of the molecule is C[C@H](O)[C@]1(C)CCCCCCC1=O. The van der Waals surface area contributed by atoms with Crippen molar-refractivity contribution in [1.29, 1.82) is 0 Å². The smallest absolute Gasteiger partial charge is 0.141 e. The number of hydrogen-bond acceptors (Lipinski definition) is 2. The summed E-state index contributed by atoms with van der Waals surface area (Å²) in [5.74, 6) is 0.252. The van der Waals surface area contributed by atoms with Crippen LogP contribution >= 0.6 is 0 Å². The summed E-state index contributed by atoms with van der Waals surface area (Å²) in [5, 5.41) is 9.60. The van der Waals surface area contributed by atoms with Gasteiger partial charge in [0.1, 0.15) is 5.78 Å². The van der Waals surface area contributed by atoms with Gasteiger partial charge in [-0.1, -0.05) is 26.2 Å². The first kappa shape index (κ1) is 10.7. The molecule has 2 nitrogen and oxygen atoms in total. The molecule has 0 aliphatic heterocycles. The van der Waals surface area contributed by atoms with Crippen LogP contribution in [0.4, 0.5) is 0 Å². The molecule has 0 radical (unpaired) electrons. The van der Waals surface area contributed by atoms with E-state index in [1.807, 2.05) is 6.92 Å². The van der Waals surface area contributed by atoms with Crippen molar-refractivity contribution < 1.29 is 9.90 Å². The van der Waals surface area contributed by atoms with E-state index in [0.717, 1.165) is 19.3 Å². The van der Waals surface area contributed by atoms with E-state index in [1.165, 1.54) is 12.8 Å². The molecule has 1 rings (SSSR count). The molecule has 0 unspecified atom stereocenters. The maximum Gasteiger partial charge on any atom is 0.141 e. The first-order valence-corrected chi connectivity index (χ1v) is 5.29. The van der Waals surface area contributed by atoms with Gasteiger partial charge in [0, 0.05) is 6.42 Å². The second-order valence-electron chi connectivity index (χ2n) is 4.43. The van der Waals surface area contributed by atoms with E-state index in [9.17, 15) is 9.90 Å². The Balaban J connectivity index is 2.71. The van der Waals surface area contributed by atoms with Gasteiger partial charge in [-0.3, -0.25) is 4.79 Å². The molecule has 76 valence electrons. The van der Waals surface area contributed by atoms with Gasteiger partial charge in [0.25, 0.3) is 0 Å². The molecule has 0 saturated heterocycles. The maximum absolute atomic E-state index is 11.8. The molecule has 0 bridgehead atoms. The average molecular weight is 184 g/mol. The van der Waals surface area contributed by atoms with Crippen molar-refractivity contribution in [2.45, 2.75) is 58.5 Å². The third-order valence-electron chi connectivity index (χ3n) is 3.41. The molecule has 0 spiro atoms. The monoisotopic (exact) mass is 184 g/mol. The zero-order valence-electron chi connectivity index (χ0n) is 8.68. The maximum atomic E-state index is 11.8. The lowest BCUT2D eigenvalue weighted by molar-refractivity contribution is -0.135. The Kier molecular flexibility index (Phi) is 3.48. The Morgan fingerprint density at radius 3 is 2.54 bits per heavy atom. The van der Waals surface area contributed by atoms with Crippen LogP contribution in [0, 0.1) is 5.41 Å². The summed E-state index contributed by atoms with van der Waals surface area (Å²) in [7, 11) is 0. The molecule has 13 heavy (non-hydrogen) atoms. The molecular formula is C11H20O2. The van der Waals surface area contributed by atoms with Crippen molar-refractivity contribution >= 4 is 5.78 Å². The standard InChI is InChI=1S/C11H20O2/c1-9(12)11(2)8-6-4-3-5-7-10(11)13/h9,12H,3-8H2,1-2H3/t9-,11-/m0/s1. The summed E-state index contributed by atoms with van der Waals surface area (Å²) >= 11 is 0. The lowest BCUT2D eigenvalue weighted by Gasteiger charge is -2.32. The lowest BCUT2D eigenvalue weighted by Crippen LogP contribution is -2.38. The molecule has 0 heterocycles. The van der Waals surface area contributed by atoms with E-state index in [-0.39, 0.29) is 5.78 Å². The molecule has 1 saturated carbocycles. The Labute approximate surface area is 80.3 Å². The molecule has 0 amide bonds. The lowest BCUT2D eigenvalue weighted by atomic mass is 9.73. The largest absolute Gasteiger partial charge is 0.392 e. The number of carbonyl (C=O) groups excluding carboxylic acids is 1. The van der Waals surface area contributed by atoms with Crippen LogP contribution in [0.25, 0.3) is 0 Å². The molecule has 0 aromatic carbocycles. The summed E-state index contributed by atoms with van der Waals surface area (Å²) in [5.41, 5.74) is -0.472. The van der Waals surface area contributed by atoms with Crippen LogP contribution in [0.3, 0.4) is 0 Å². The Morgan fingerprint density at radius 1 is 1.31 bits per heavy atom. The van der Waals surface area contributed by atoms with Crippen molar-refractivity contribution in [3.63, 3.8) is 0 Å². The molecule has 0 aromatic rings. The molecule has 0 aromatic heterocycles. The van der Waals surface area contributed by atoms with Crippen molar-refractivity contribution in [1.82, 2.24) is 0 Å². The second-order valence-corrected chi connectivity index (χ2v) is 4.43. The van der Waals surface area contributed by atoms with Gasteiger partial charge in [-0.15, -0.1) is 0 Å². The Bertz CT molecular complexity index is 187. The van der Waals surface area contributed by atoms with E-state index in [0.29, 0.717) is 6.42 Å². The van der Waals surface area contributed by atoms with Gasteiger partial charge in [-0.2, -0.15) is 0 Å². The average Bonchev–Trinajstić information content (AvgIpc) is 2.07. The van der Waals surface area contributed by atoms with Gasteiger partial charge in [0.15, 0.2) is 0 Å². The topological polar surface area (TPSA) is 37.3 Å². The molecule has 1 fully saturated rings. The van der Waals surface area contributed by atoms with Gasteiger partial charge in [-0.05, 0) is 19.8 Å². The zero-order valence-corrected chi connectivity index (χ0v) is 8.68. The highest BCUT2D eigenvalue weighted by Crippen LogP contribution is 2.33. The number of hydrogen-bond donors (Lipinski definition) is 1. The normalized spacial score (nSPS) is 33.6. The molecule has 2 heteroatoms. The fourth-order valence-electron chi connectivity index (χ4n) is 2.00. The highest BCUT2D eigenvalue weighted by molar-refractivity contribution is 5.85. The minimum atomic E-state index is -0.502. The summed E-state index contributed by atoms with van der Waals surface area (Å²) in [4.78, 5) is 11.8. The summed E-state index contributed by atoms with van der Waals surface area (Å²) in [6, 6.07) is 0. The van der Waals surface area contributed by atoms with Crippen LogP contribution in [0.2, 0.25) is 0 Å². The van der Waals surface area contributed by atoms with E-state index in [4.69, 9.17) is 0 Å². The van der Waals surface area contributed by atoms with Gasteiger partial charge in [0.05, 0.1) is 11.5 Å². The number of carbonyl (C=O) groups is 1. The minimum Gasteiger partial charge on any atom is -0.392 e. The second kappa shape index (κ2) is 4.23. The number of aliphatic hydroxyl groups is 1. The van der Waals surface area contributed by atoms with Crippen molar-refractivity contribution in [2.75, 3.05) is 0 Å². The number of aliphatic hydroxyl groups excluding tert-OH is 1. The van der Waals surface area contributed by atoms with E-state index in [1.54, 1.807) is 6.92 Å². The minimum absolute atomic E-state index is 0.252. The van der Waals surface area contributed by atoms with Crippen molar-refractivity contribution in [3.05, 3.63) is 0 Å². The van der Waals surface area contributed by atoms with Crippen LogP contribution < -0.4 is 0 Å². The fourth-order valence-corrected chi connectivity index (χ4v) is 2.00. The number of Topliss-reactive ketones (excluding diaryl/α,β-unsaturated/α-hetero) is 1. The quantitative estimate of drug-likeness (QED) is 0.679. The third kappa shape index (κ3) is 2.31. The zero-order chi connectivity index (χ0) is 9.90. The summed E-state index contributed by atoms with van der Waals surface area (Å²) < 4.78 is 0. The highest BCUT2D eigenvalue weighted by atomic mass is 16.3. The van der Waals surface area contributed by atoms with Gasteiger partial charge in [-0.25, -0.2) is 0 Å². The van der Waals surface area contributed by atoms with E-state index >= 15 is 0 Å². The molecular weight excluding hydrogens is 164 g/mol. The van der Waals surface area contributed by atoms with Crippen LogP contribution in [-0.2, 0) is 4.79 Å². The summed E-state index contributed by atoms with van der Waals surface area (Å²) in [6.45, 7) is 3.64. The number of ketones is 1. The van der Waals surface area contributed by atoms with Crippen molar-refractivity contribution in [3.8, 4) is 0 Å². The van der Waals surface area contributed by atoms with Crippen LogP contribution in [0.15, 0.2) is 0 Å². The third-order valence-corrected chi connectivity index (χ3v) is 3.41. The van der Waals surface area contributed by atoms with Crippen LogP contribution in [-0.4, -0.2) is 17.0 Å². The van der Waals surface area contributed by atoms with Gasteiger partial charge in [0.2, 0.25) is 0 Å². The first-order chi connectivity index (χ1) is 6.07. The molecule has 1 aliphatic rings. The Morgan fingerprint density at radius 2 is 1.92 bits per heavy atom. The van der Waals surface area contributed by atoms with E-state index in [2.05, 4.69) is 0 Å². The van der Waals surface area contributed by atoms with Crippen molar-refractivity contribution in [2.24, 2.45) is 5.41 Å². The molecule has 1 N–H and O–H groups in total. The van der Waals surface area contributed by atoms with E-state index < -0.39 is 11.5 Å². The first-order valence-electron chi connectivity index (χ1n) is 5.29. The highest BCUT2D eigenvalue weighted by Gasteiger charge is 2.37. The number of rotatable bonds is 1.